The lowest BCUT2D eigenvalue weighted by atomic mass is 9.93. The van der Waals surface area contributed by atoms with Crippen molar-refractivity contribution in [1.29, 1.82) is 0 Å². The molecule has 1 atom stereocenters. The van der Waals surface area contributed by atoms with Gasteiger partial charge in [-0.15, -0.1) is 0 Å². The number of nitrogens with one attached hydrogen (secondary N) is 1. The summed E-state index contributed by atoms with van der Waals surface area (Å²) in [4.78, 5) is 0. The Labute approximate surface area is 114 Å². The van der Waals surface area contributed by atoms with Gasteiger partial charge in [0.25, 0.3) is 0 Å². The van der Waals surface area contributed by atoms with E-state index in [9.17, 15) is 8.78 Å². The molecule has 1 fully saturated rings. The summed E-state index contributed by atoms with van der Waals surface area (Å²) in [5.74, 6) is 0.101. The molecule has 1 unspecified atom stereocenters. The van der Waals surface area contributed by atoms with Gasteiger partial charge in [-0.25, -0.2) is 8.78 Å². The molecule has 106 valence electrons. The zero-order chi connectivity index (χ0) is 13.7. The molecule has 1 nitrogen and oxygen atoms in total. The summed E-state index contributed by atoms with van der Waals surface area (Å²) < 4.78 is 26.9. The lowest BCUT2D eigenvalue weighted by Gasteiger charge is -2.21. The Balaban J connectivity index is 2.00. The Bertz CT molecular complexity index is 400. The maximum Gasteiger partial charge on any atom is 0.126 e. The molecule has 0 radical (unpaired) electrons. The zero-order valence-electron chi connectivity index (χ0n) is 11.6. The topological polar surface area (TPSA) is 12.0 Å². The fraction of sp³-hybridized carbons (Fsp3) is 0.625. The molecule has 0 amide bonds. The third kappa shape index (κ3) is 4.27. The highest BCUT2D eigenvalue weighted by molar-refractivity contribution is 5.19. The highest BCUT2D eigenvalue weighted by Gasteiger charge is 2.20. The van der Waals surface area contributed by atoms with Gasteiger partial charge in [-0.2, -0.15) is 0 Å². The molecule has 3 heteroatoms. The van der Waals surface area contributed by atoms with Crippen molar-refractivity contribution in [2.24, 2.45) is 5.92 Å². The van der Waals surface area contributed by atoms with E-state index >= 15 is 0 Å². The summed E-state index contributed by atoms with van der Waals surface area (Å²) in [6.45, 7) is 2.93. The maximum atomic E-state index is 13.7. The largest absolute Gasteiger partial charge is 0.314 e. The predicted molar refractivity (Wildman–Crippen MR) is 74.1 cm³/mol. The van der Waals surface area contributed by atoms with E-state index in [1.165, 1.54) is 43.9 Å². The average molecular weight is 267 g/mol. The molecule has 1 saturated carbocycles. The molecule has 0 aliphatic heterocycles. The van der Waals surface area contributed by atoms with Crippen LogP contribution in [-0.4, -0.2) is 12.6 Å². The van der Waals surface area contributed by atoms with Crippen LogP contribution in [0.15, 0.2) is 18.2 Å². The Morgan fingerprint density at radius 1 is 1.26 bits per heavy atom. The minimum absolute atomic E-state index is 0.254. The molecule has 0 saturated heterocycles. The van der Waals surface area contributed by atoms with Gasteiger partial charge in [0, 0.05) is 6.04 Å². The number of hydrogen-bond donors (Lipinski definition) is 1. The van der Waals surface area contributed by atoms with E-state index in [-0.39, 0.29) is 17.7 Å². The average Bonchev–Trinajstić information content (AvgIpc) is 2.87. The van der Waals surface area contributed by atoms with Crippen molar-refractivity contribution in [1.82, 2.24) is 5.32 Å². The third-order valence-corrected chi connectivity index (χ3v) is 4.06. The van der Waals surface area contributed by atoms with Crippen LogP contribution in [-0.2, 0) is 6.42 Å². The first-order valence-electron chi connectivity index (χ1n) is 7.36. The van der Waals surface area contributed by atoms with Gasteiger partial charge in [0.05, 0.1) is 0 Å². The lowest BCUT2D eigenvalue weighted by Crippen LogP contribution is -2.33. The van der Waals surface area contributed by atoms with Crippen LogP contribution in [0.4, 0.5) is 8.78 Å². The molecule has 0 aromatic heterocycles. The normalized spacial score (nSPS) is 17.8. The van der Waals surface area contributed by atoms with Gasteiger partial charge in [0.2, 0.25) is 0 Å². The summed E-state index contributed by atoms with van der Waals surface area (Å²) >= 11 is 0. The van der Waals surface area contributed by atoms with Crippen LogP contribution in [0.1, 0.15) is 44.6 Å². The molecule has 0 heterocycles. The molecule has 0 spiro atoms. The van der Waals surface area contributed by atoms with E-state index in [4.69, 9.17) is 0 Å². The van der Waals surface area contributed by atoms with E-state index in [1.807, 2.05) is 0 Å². The Morgan fingerprint density at radius 3 is 2.68 bits per heavy atom. The Kier molecular flexibility index (Phi) is 5.32. The number of likely N-dealkylation sites (N-methyl/N-ethyl adjacent to an activating group) is 1. The summed E-state index contributed by atoms with van der Waals surface area (Å²) in [5.41, 5.74) is 0.490. The lowest BCUT2D eigenvalue weighted by molar-refractivity contribution is 0.386. The molecule has 0 bridgehead atoms. The number of halogens is 2. The first-order chi connectivity index (χ1) is 9.19. The summed E-state index contributed by atoms with van der Waals surface area (Å²) in [5, 5.41) is 3.42. The standard InChI is InChI=1S/C16H23F2N/c1-2-19-15(9-12-5-3-4-6-12)11-13-10-14(17)7-8-16(13)18/h7-8,10,12,15,19H,2-6,9,11H2,1H3. The zero-order valence-corrected chi connectivity index (χ0v) is 11.6. The molecule has 2 rings (SSSR count). The van der Waals surface area contributed by atoms with Crippen LogP contribution in [0.5, 0.6) is 0 Å². The van der Waals surface area contributed by atoms with Gasteiger partial charge >= 0.3 is 0 Å². The van der Waals surface area contributed by atoms with Crippen LogP contribution >= 0.6 is 0 Å². The molecule has 1 N–H and O–H groups in total. The smallest absolute Gasteiger partial charge is 0.126 e. The van der Waals surface area contributed by atoms with Gasteiger partial charge < -0.3 is 5.32 Å². The molecular weight excluding hydrogens is 244 g/mol. The predicted octanol–water partition coefficient (Wildman–Crippen LogP) is 4.07. The van der Waals surface area contributed by atoms with E-state index in [0.29, 0.717) is 12.0 Å². The highest BCUT2D eigenvalue weighted by Crippen LogP contribution is 2.29. The van der Waals surface area contributed by atoms with E-state index in [1.54, 1.807) is 0 Å². The van der Waals surface area contributed by atoms with Crippen molar-refractivity contribution >= 4 is 0 Å². The van der Waals surface area contributed by atoms with Crippen LogP contribution < -0.4 is 5.32 Å². The van der Waals surface area contributed by atoms with Crippen molar-refractivity contribution in [2.45, 2.75) is 51.5 Å². The minimum Gasteiger partial charge on any atom is -0.314 e. The highest BCUT2D eigenvalue weighted by atomic mass is 19.1. The van der Waals surface area contributed by atoms with Gasteiger partial charge in [0.1, 0.15) is 11.6 Å². The monoisotopic (exact) mass is 267 g/mol. The van der Waals surface area contributed by atoms with Crippen LogP contribution in [0.2, 0.25) is 0 Å². The second-order valence-electron chi connectivity index (χ2n) is 5.58. The van der Waals surface area contributed by atoms with Crippen molar-refractivity contribution in [3.8, 4) is 0 Å². The molecular formula is C16H23F2N. The first kappa shape index (κ1) is 14.4. The quantitative estimate of drug-likeness (QED) is 0.819. The molecule has 1 aromatic carbocycles. The van der Waals surface area contributed by atoms with Crippen molar-refractivity contribution in [3.05, 3.63) is 35.4 Å². The fourth-order valence-electron chi connectivity index (χ4n) is 3.14. The first-order valence-corrected chi connectivity index (χ1v) is 7.36. The van der Waals surface area contributed by atoms with Crippen molar-refractivity contribution < 1.29 is 8.78 Å². The maximum absolute atomic E-state index is 13.7. The van der Waals surface area contributed by atoms with E-state index in [0.717, 1.165) is 18.9 Å². The van der Waals surface area contributed by atoms with Gasteiger partial charge in [-0.1, -0.05) is 32.6 Å². The van der Waals surface area contributed by atoms with Crippen molar-refractivity contribution in [3.63, 3.8) is 0 Å². The molecule has 1 aliphatic carbocycles. The molecule has 1 aliphatic rings. The van der Waals surface area contributed by atoms with Crippen LogP contribution in [0, 0.1) is 17.6 Å². The second-order valence-corrected chi connectivity index (χ2v) is 5.58. The summed E-state index contributed by atoms with van der Waals surface area (Å²) in [6, 6.07) is 3.99. The fourth-order valence-corrected chi connectivity index (χ4v) is 3.14. The summed E-state index contributed by atoms with van der Waals surface area (Å²) in [6.07, 6.45) is 6.86. The second kappa shape index (κ2) is 6.99. The minimum atomic E-state index is -0.354. The van der Waals surface area contributed by atoms with Crippen LogP contribution in [0.25, 0.3) is 0 Å². The van der Waals surface area contributed by atoms with E-state index in [2.05, 4.69) is 12.2 Å². The third-order valence-electron chi connectivity index (χ3n) is 4.06. The molecule has 1 aromatic rings. The van der Waals surface area contributed by atoms with Gasteiger partial charge in [-0.05, 0) is 49.1 Å². The number of hydrogen-bond acceptors (Lipinski definition) is 1. The van der Waals surface area contributed by atoms with Gasteiger partial charge in [-0.3, -0.25) is 0 Å². The van der Waals surface area contributed by atoms with Crippen molar-refractivity contribution in [2.75, 3.05) is 6.54 Å². The summed E-state index contributed by atoms with van der Waals surface area (Å²) in [7, 11) is 0. The Morgan fingerprint density at radius 2 is 2.00 bits per heavy atom. The Hall–Kier alpha value is -0.960. The van der Waals surface area contributed by atoms with Gasteiger partial charge in [0.15, 0.2) is 0 Å². The SMILES string of the molecule is CCNC(Cc1cc(F)ccc1F)CC1CCCC1. The molecule has 19 heavy (non-hydrogen) atoms. The van der Waals surface area contributed by atoms with E-state index < -0.39 is 0 Å². The van der Waals surface area contributed by atoms with Crippen LogP contribution in [0.3, 0.4) is 0 Å². The number of rotatable bonds is 6. The number of benzene rings is 1.